The van der Waals surface area contributed by atoms with Crippen molar-refractivity contribution < 1.29 is 24.0 Å². The van der Waals surface area contributed by atoms with E-state index in [2.05, 4.69) is 0 Å². The molecular formula is C22H18N2O6. The summed E-state index contributed by atoms with van der Waals surface area (Å²) >= 11 is 0. The number of allylic oxidation sites excluding steroid dienone is 2. The zero-order valence-electron chi connectivity index (χ0n) is 16.1. The summed E-state index contributed by atoms with van der Waals surface area (Å²) in [4.78, 5) is 50.0. The first-order valence-electron chi connectivity index (χ1n) is 9.48. The van der Waals surface area contributed by atoms with Crippen LogP contribution in [-0.2, 0) is 9.59 Å². The molecule has 3 atom stereocenters. The van der Waals surface area contributed by atoms with E-state index < -0.39 is 22.7 Å². The van der Waals surface area contributed by atoms with E-state index in [0.717, 1.165) is 11.0 Å². The highest BCUT2D eigenvalue weighted by molar-refractivity contribution is 6.23. The van der Waals surface area contributed by atoms with Crippen LogP contribution in [0.15, 0.2) is 60.7 Å². The minimum atomic E-state index is -0.822. The number of imide groups is 1. The third-order valence-electron chi connectivity index (χ3n) is 5.47. The first-order chi connectivity index (χ1) is 14.4. The van der Waals surface area contributed by atoms with Gasteiger partial charge in [-0.1, -0.05) is 37.3 Å². The van der Waals surface area contributed by atoms with Gasteiger partial charge >= 0.3 is 5.97 Å². The number of para-hydroxylation sites is 2. The number of hydrogen-bond acceptors (Lipinski definition) is 6. The maximum Gasteiger partial charge on any atom is 0.343 e. The first-order valence-corrected chi connectivity index (χ1v) is 9.48. The van der Waals surface area contributed by atoms with Gasteiger partial charge < -0.3 is 4.74 Å². The number of esters is 1. The Kier molecular flexibility index (Phi) is 4.91. The van der Waals surface area contributed by atoms with Crippen LogP contribution >= 0.6 is 0 Å². The monoisotopic (exact) mass is 406 g/mol. The van der Waals surface area contributed by atoms with Crippen LogP contribution in [0.3, 0.4) is 0 Å². The highest BCUT2D eigenvalue weighted by atomic mass is 16.6. The average molecular weight is 406 g/mol. The summed E-state index contributed by atoms with van der Waals surface area (Å²) < 4.78 is 5.43. The molecule has 0 aromatic heterocycles. The normalized spacial score (nSPS) is 22.7. The van der Waals surface area contributed by atoms with Crippen LogP contribution in [0.1, 0.15) is 23.7 Å². The van der Waals surface area contributed by atoms with Crippen LogP contribution in [0.4, 0.5) is 11.4 Å². The van der Waals surface area contributed by atoms with E-state index in [4.69, 9.17) is 4.74 Å². The van der Waals surface area contributed by atoms with Crippen LogP contribution in [0.5, 0.6) is 5.75 Å². The molecule has 2 aliphatic rings. The van der Waals surface area contributed by atoms with Crippen molar-refractivity contribution in [3.63, 3.8) is 0 Å². The van der Waals surface area contributed by atoms with Crippen LogP contribution in [0, 0.1) is 27.9 Å². The Balaban J connectivity index is 1.65. The van der Waals surface area contributed by atoms with Crippen molar-refractivity contribution in [2.24, 2.45) is 17.8 Å². The fourth-order valence-corrected chi connectivity index (χ4v) is 4.02. The Morgan fingerprint density at radius 3 is 2.63 bits per heavy atom. The zero-order valence-corrected chi connectivity index (χ0v) is 16.1. The molecule has 1 aliphatic heterocycles. The van der Waals surface area contributed by atoms with E-state index in [0.29, 0.717) is 6.42 Å². The second-order valence-corrected chi connectivity index (χ2v) is 7.33. The summed E-state index contributed by atoms with van der Waals surface area (Å²) in [5, 5.41) is 11.0. The minimum absolute atomic E-state index is 0.00966. The van der Waals surface area contributed by atoms with Crippen molar-refractivity contribution in [3.05, 3.63) is 76.4 Å². The lowest BCUT2D eigenvalue weighted by atomic mass is 9.78. The number of carbonyl (C=O) groups excluding carboxylic acids is 3. The van der Waals surface area contributed by atoms with E-state index in [1.807, 2.05) is 19.1 Å². The van der Waals surface area contributed by atoms with Gasteiger partial charge in [-0.05, 0) is 30.5 Å². The second kappa shape index (κ2) is 7.55. The number of nitro groups is 1. The van der Waals surface area contributed by atoms with Crippen LogP contribution in [-0.4, -0.2) is 22.7 Å². The number of ether oxygens (including phenoxy) is 1. The van der Waals surface area contributed by atoms with E-state index in [1.54, 1.807) is 18.2 Å². The quantitative estimate of drug-likeness (QED) is 0.192. The molecule has 0 N–H and O–H groups in total. The maximum absolute atomic E-state index is 13.0. The lowest BCUT2D eigenvalue weighted by Crippen LogP contribution is -2.32. The van der Waals surface area contributed by atoms with Crippen LogP contribution in [0.25, 0.3) is 0 Å². The maximum atomic E-state index is 13.0. The van der Waals surface area contributed by atoms with Gasteiger partial charge in [0.25, 0.3) is 5.69 Å². The third-order valence-corrected chi connectivity index (χ3v) is 5.47. The van der Waals surface area contributed by atoms with Gasteiger partial charge in [-0.25, -0.2) is 9.69 Å². The predicted molar refractivity (Wildman–Crippen MR) is 107 cm³/mol. The van der Waals surface area contributed by atoms with Gasteiger partial charge in [0.05, 0.1) is 28.0 Å². The molecular weight excluding hydrogens is 388 g/mol. The summed E-state index contributed by atoms with van der Waals surface area (Å²) in [5.74, 6) is -2.36. The Labute approximate surface area is 171 Å². The number of fused-ring (bicyclic) bond motifs is 1. The molecule has 2 amide bonds. The van der Waals surface area contributed by atoms with Crippen molar-refractivity contribution in [2.75, 3.05) is 4.90 Å². The molecule has 1 saturated heterocycles. The van der Waals surface area contributed by atoms with E-state index in [-0.39, 0.29) is 40.4 Å². The summed E-state index contributed by atoms with van der Waals surface area (Å²) in [6.45, 7) is 1.90. The van der Waals surface area contributed by atoms with Crippen LogP contribution in [0.2, 0.25) is 0 Å². The molecule has 0 saturated carbocycles. The summed E-state index contributed by atoms with van der Waals surface area (Å²) in [7, 11) is 0. The van der Waals surface area contributed by atoms with Crippen molar-refractivity contribution in [1.29, 1.82) is 0 Å². The van der Waals surface area contributed by atoms with E-state index >= 15 is 0 Å². The van der Waals surface area contributed by atoms with Gasteiger partial charge in [0.2, 0.25) is 11.8 Å². The molecule has 4 rings (SSSR count). The fourth-order valence-electron chi connectivity index (χ4n) is 4.02. The van der Waals surface area contributed by atoms with Gasteiger partial charge in [-0.15, -0.1) is 0 Å². The number of hydrogen-bond donors (Lipinski definition) is 0. The number of rotatable bonds is 4. The molecule has 2 aromatic rings. The molecule has 1 heterocycles. The second-order valence-electron chi connectivity index (χ2n) is 7.33. The molecule has 0 radical (unpaired) electrons. The van der Waals surface area contributed by atoms with Gasteiger partial charge in [-0.3, -0.25) is 19.7 Å². The number of amides is 2. The van der Waals surface area contributed by atoms with Crippen molar-refractivity contribution in [1.82, 2.24) is 0 Å². The summed E-state index contributed by atoms with van der Waals surface area (Å²) in [6, 6.07) is 11.4. The Bertz CT molecular complexity index is 1090. The fraction of sp³-hybridized carbons (Fsp3) is 0.227. The first kappa shape index (κ1) is 19.5. The van der Waals surface area contributed by atoms with E-state index in [9.17, 15) is 24.5 Å². The molecule has 1 aliphatic carbocycles. The lowest BCUT2D eigenvalue weighted by molar-refractivity contribution is -0.384. The lowest BCUT2D eigenvalue weighted by Gasteiger charge is -2.22. The summed E-state index contributed by atoms with van der Waals surface area (Å²) in [6.07, 6.45) is 4.34. The number of nitrogens with zero attached hydrogens (tertiary/aromatic N) is 2. The Morgan fingerprint density at radius 2 is 1.90 bits per heavy atom. The van der Waals surface area contributed by atoms with E-state index in [1.165, 1.54) is 24.3 Å². The Morgan fingerprint density at radius 1 is 1.13 bits per heavy atom. The SMILES string of the molecule is C[C@@H]1C=CC[C@H]2C(=O)N(c3ccccc3OC(=O)c3cccc([N+](=O)[O-])c3)C(=O)[C@@H]12. The third kappa shape index (κ3) is 3.26. The molecule has 30 heavy (non-hydrogen) atoms. The predicted octanol–water partition coefficient (Wildman–Crippen LogP) is 3.52. The number of benzene rings is 2. The average Bonchev–Trinajstić information content (AvgIpc) is 3.00. The van der Waals surface area contributed by atoms with Gasteiger partial charge in [-0.2, -0.15) is 0 Å². The molecule has 2 aromatic carbocycles. The highest BCUT2D eigenvalue weighted by Crippen LogP contribution is 2.42. The van der Waals surface area contributed by atoms with Gasteiger partial charge in [0.15, 0.2) is 5.75 Å². The van der Waals surface area contributed by atoms with Crippen LogP contribution < -0.4 is 9.64 Å². The van der Waals surface area contributed by atoms with Crippen molar-refractivity contribution in [3.8, 4) is 5.75 Å². The molecule has 8 heteroatoms. The largest absolute Gasteiger partial charge is 0.421 e. The van der Waals surface area contributed by atoms with Crippen molar-refractivity contribution >= 4 is 29.2 Å². The molecule has 1 fully saturated rings. The number of anilines is 1. The molecule has 0 spiro atoms. The van der Waals surface area contributed by atoms with Gasteiger partial charge in [0, 0.05) is 12.1 Å². The Hall–Kier alpha value is -3.81. The standard InChI is InChI=1S/C22H18N2O6/c1-13-6-4-9-16-19(13)21(26)23(20(16)25)17-10-2-3-11-18(17)30-22(27)14-7-5-8-15(12-14)24(28)29/h2-8,10-13,16,19H,9H2,1H3/t13-,16-,19+/m1/s1. The topological polar surface area (TPSA) is 107 Å². The molecule has 152 valence electrons. The number of carbonyl (C=O) groups is 3. The molecule has 0 unspecified atom stereocenters. The van der Waals surface area contributed by atoms with Gasteiger partial charge in [0.1, 0.15) is 0 Å². The minimum Gasteiger partial charge on any atom is -0.421 e. The highest BCUT2D eigenvalue weighted by Gasteiger charge is 2.51. The molecule has 0 bridgehead atoms. The number of non-ortho nitro benzene ring substituents is 1. The number of nitro benzene ring substituents is 1. The molecule has 8 nitrogen and oxygen atoms in total. The smallest absolute Gasteiger partial charge is 0.343 e. The van der Waals surface area contributed by atoms with Crippen molar-refractivity contribution in [2.45, 2.75) is 13.3 Å². The summed E-state index contributed by atoms with van der Waals surface area (Å²) in [5.41, 5.74) is -0.0642. The zero-order chi connectivity index (χ0) is 21.4.